The van der Waals surface area contributed by atoms with Crippen LogP contribution in [-0.4, -0.2) is 72.3 Å². The Morgan fingerprint density at radius 2 is 1.85 bits per heavy atom. The third-order valence-corrected chi connectivity index (χ3v) is 8.74. The number of aliphatic hydroxyl groups excluding tert-OH is 1. The van der Waals surface area contributed by atoms with Crippen molar-refractivity contribution in [2.75, 3.05) is 32.3 Å². The number of benzene rings is 2. The number of nitrogens with zero attached hydrogens (tertiary/aromatic N) is 2. The minimum atomic E-state index is -1.06. The number of methoxy groups -OCH3 is 2. The van der Waals surface area contributed by atoms with Crippen LogP contribution in [0.1, 0.15) is 92.8 Å². The standard InChI is InChI=1S/C36H47N3O8/c1-7-21-15-28-31(38-33(21)39-19-24(16-25(39)9-8-14-40)37-35(43)47-36(2,3)4)27(22-10-11-22)18-29(34(41)42)32(28)46-20-23-12-13-26(44-5)17-30(23)45-6/h12-13,15,17-18,22,24-25,40H,7-11,14,16,19-20H2,1-6H3,(H,37,43)(H,41,42)/t24-,25?/m0/s1. The molecule has 0 radical (unpaired) electrons. The van der Waals surface area contributed by atoms with E-state index in [1.54, 1.807) is 26.4 Å². The number of carboxylic acids is 1. The molecule has 1 amide bonds. The van der Waals surface area contributed by atoms with Crippen LogP contribution in [0.5, 0.6) is 17.2 Å². The van der Waals surface area contributed by atoms with Crippen LogP contribution in [0.4, 0.5) is 10.6 Å². The molecule has 1 aliphatic heterocycles. The Hall–Kier alpha value is -4.25. The fourth-order valence-corrected chi connectivity index (χ4v) is 6.38. The quantitative estimate of drug-likeness (QED) is 0.196. The van der Waals surface area contributed by atoms with Gasteiger partial charge in [-0.3, -0.25) is 0 Å². The number of carbonyl (C=O) groups excluding carboxylic acids is 1. The van der Waals surface area contributed by atoms with E-state index in [1.807, 2.05) is 45.9 Å². The zero-order valence-electron chi connectivity index (χ0n) is 28.2. The van der Waals surface area contributed by atoms with Gasteiger partial charge >= 0.3 is 12.1 Å². The predicted molar refractivity (Wildman–Crippen MR) is 179 cm³/mol. The van der Waals surface area contributed by atoms with Crippen molar-refractivity contribution in [1.29, 1.82) is 0 Å². The first-order chi connectivity index (χ1) is 22.5. The molecule has 1 saturated heterocycles. The molecule has 2 atom stereocenters. The summed E-state index contributed by atoms with van der Waals surface area (Å²) in [6.45, 7) is 8.25. The molecule has 11 nitrogen and oxygen atoms in total. The first kappa shape index (κ1) is 34.1. The summed E-state index contributed by atoms with van der Waals surface area (Å²) in [4.78, 5) is 32.9. The number of hydrogen-bond donors (Lipinski definition) is 3. The maximum atomic E-state index is 12.7. The molecular formula is C36H47N3O8. The van der Waals surface area contributed by atoms with Crippen molar-refractivity contribution in [2.24, 2.45) is 0 Å². The number of fused-ring (bicyclic) bond motifs is 1. The Balaban J connectivity index is 1.57. The lowest BCUT2D eigenvalue weighted by molar-refractivity contribution is 0.0507. The Bertz CT molecular complexity index is 1610. The minimum Gasteiger partial charge on any atom is -0.497 e. The Morgan fingerprint density at radius 1 is 1.09 bits per heavy atom. The molecule has 2 fully saturated rings. The normalized spacial score (nSPS) is 17.9. The van der Waals surface area contributed by atoms with Gasteiger partial charge in [-0.15, -0.1) is 0 Å². The lowest BCUT2D eigenvalue weighted by atomic mass is 9.98. The summed E-state index contributed by atoms with van der Waals surface area (Å²) in [6.07, 6.45) is 4.17. The molecule has 1 unspecified atom stereocenters. The van der Waals surface area contributed by atoms with E-state index in [4.69, 9.17) is 23.9 Å². The van der Waals surface area contributed by atoms with Gasteiger partial charge in [-0.2, -0.15) is 0 Å². The van der Waals surface area contributed by atoms with Crippen molar-refractivity contribution in [2.45, 2.75) is 96.4 Å². The smallest absolute Gasteiger partial charge is 0.407 e. The molecule has 3 N–H and O–H groups in total. The lowest BCUT2D eigenvalue weighted by Crippen LogP contribution is -2.40. The molecule has 5 rings (SSSR count). The zero-order chi connectivity index (χ0) is 33.9. The van der Waals surface area contributed by atoms with Crippen LogP contribution < -0.4 is 24.4 Å². The van der Waals surface area contributed by atoms with Crippen LogP contribution in [0.2, 0.25) is 0 Å². The van der Waals surface area contributed by atoms with Gasteiger partial charge in [-0.1, -0.05) is 6.92 Å². The van der Waals surface area contributed by atoms with Crippen LogP contribution >= 0.6 is 0 Å². The summed E-state index contributed by atoms with van der Waals surface area (Å²) in [5.74, 6) is 1.46. The number of carboxylic acid groups (broad SMARTS) is 1. The maximum Gasteiger partial charge on any atom is 0.407 e. The number of carbonyl (C=O) groups is 2. The van der Waals surface area contributed by atoms with E-state index >= 15 is 0 Å². The van der Waals surface area contributed by atoms with Crippen molar-refractivity contribution >= 4 is 28.8 Å². The highest BCUT2D eigenvalue weighted by Gasteiger charge is 2.37. The summed E-state index contributed by atoms with van der Waals surface area (Å²) in [5, 5.41) is 23.7. The van der Waals surface area contributed by atoms with Gasteiger partial charge in [0.15, 0.2) is 0 Å². The van der Waals surface area contributed by atoms with Crippen LogP contribution in [0.25, 0.3) is 10.9 Å². The Labute approximate surface area is 276 Å². The van der Waals surface area contributed by atoms with E-state index in [0.29, 0.717) is 42.7 Å². The van der Waals surface area contributed by atoms with Gasteiger partial charge in [0.25, 0.3) is 0 Å². The van der Waals surface area contributed by atoms with Crippen LogP contribution in [0, 0.1) is 0 Å². The number of hydrogen-bond acceptors (Lipinski definition) is 9. The fraction of sp³-hybridized carbons (Fsp3) is 0.528. The number of anilines is 1. The molecular weight excluding hydrogens is 602 g/mol. The Morgan fingerprint density at radius 3 is 2.47 bits per heavy atom. The molecule has 2 aliphatic rings. The number of aliphatic hydroxyl groups is 1. The number of ether oxygens (including phenoxy) is 4. The number of aromatic nitrogens is 1. The molecule has 1 aromatic heterocycles. The molecule has 0 bridgehead atoms. The summed E-state index contributed by atoms with van der Waals surface area (Å²) >= 11 is 0. The number of pyridine rings is 1. The first-order valence-electron chi connectivity index (χ1n) is 16.4. The van der Waals surface area contributed by atoms with E-state index in [1.165, 1.54) is 0 Å². The monoisotopic (exact) mass is 649 g/mol. The number of amides is 1. The highest BCUT2D eigenvalue weighted by Crippen LogP contribution is 2.47. The molecule has 3 aromatic rings. The second-order valence-electron chi connectivity index (χ2n) is 13.4. The second-order valence-corrected chi connectivity index (χ2v) is 13.4. The molecule has 1 saturated carbocycles. The van der Waals surface area contributed by atoms with Gasteiger partial charge in [0.1, 0.15) is 40.8 Å². The maximum absolute atomic E-state index is 12.7. The van der Waals surface area contributed by atoms with Crippen molar-refractivity contribution in [3.63, 3.8) is 0 Å². The van der Waals surface area contributed by atoms with Crippen LogP contribution in [0.15, 0.2) is 30.3 Å². The molecule has 47 heavy (non-hydrogen) atoms. The van der Waals surface area contributed by atoms with Gasteiger partial charge in [0.05, 0.1) is 25.8 Å². The molecule has 254 valence electrons. The zero-order valence-corrected chi connectivity index (χ0v) is 28.2. The van der Waals surface area contributed by atoms with E-state index in [9.17, 15) is 19.8 Å². The molecule has 0 spiro atoms. The Kier molecular flexibility index (Phi) is 10.3. The van der Waals surface area contributed by atoms with Crippen molar-refractivity contribution in [1.82, 2.24) is 10.3 Å². The van der Waals surface area contributed by atoms with Crippen LogP contribution in [-0.2, 0) is 17.8 Å². The fourth-order valence-electron chi connectivity index (χ4n) is 6.38. The number of aryl methyl sites for hydroxylation is 1. The molecule has 11 heteroatoms. The number of alkyl carbamates (subject to hydrolysis) is 1. The number of nitrogens with one attached hydrogen (secondary N) is 1. The van der Waals surface area contributed by atoms with Gasteiger partial charge in [0, 0.05) is 36.2 Å². The van der Waals surface area contributed by atoms with E-state index in [-0.39, 0.29) is 42.5 Å². The van der Waals surface area contributed by atoms with Crippen molar-refractivity contribution in [3.05, 3.63) is 52.6 Å². The average molecular weight is 650 g/mol. The topological polar surface area (TPSA) is 140 Å². The van der Waals surface area contributed by atoms with Gasteiger partial charge in [-0.25, -0.2) is 14.6 Å². The largest absolute Gasteiger partial charge is 0.497 e. The van der Waals surface area contributed by atoms with Crippen LogP contribution in [0.3, 0.4) is 0 Å². The third kappa shape index (κ3) is 7.84. The highest BCUT2D eigenvalue weighted by molar-refractivity contribution is 6.02. The minimum absolute atomic E-state index is 0.0401. The highest BCUT2D eigenvalue weighted by atomic mass is 16.6. The third-order valence-electron chi connectivity index (χ3n) is 8.74. The van der Waals surface area contributed by atoms with Crippen molar-refractivity contribution in [3.8, 4) is 17.2 Å². The van der Waals surface area contributed by atoms with E-state index in [2.05, 4.69) is 10.2 Å². The second kappa shape index (κ2) is 14.3. The molecule has 2 heterocycles. The number of aromatic carboxylic acids is 1. The number of rotatable bonds is 13. The molecule has 2 aromatic carbocycles. The van der Waals surface area contributed by atoms with Gasteiger partial charge in [-0.05, 0) is 101 Å². The summed E-state index contributed by atoms with van der Waals surface area (Å²) in [6, 6.07) is 9.05. The summed E-state index contributed by atoms with van der Waals surface area (Å²) in [7, 11) is 3.15. The summed E-state index contributed by atoms with van der Waals surface area (Å²) in [5.41, 5.74) is 2.82. The SMILES string of the molecule is CCc1cc2c(OCc3ccc(OC)cc3OC)c(C(=O)O)cc(C3CC3)c2nc1N1C[C@@H](NC(=O)OC(C)(C)C)CC1CCCO. The summed E-state index contributed by atoms with van der Waals surface area (Å²) < 4.78 is 22.8. The van der Waals surface area contributed by atoms with E-state index in [0.717, 1.165) is 47.3 Å². The lowest BCUT2D eigenvalue weighted by Gasteiger charge is -2.28. The van der Waals surface area contributed by atoms with E-state index < -0.39 is 17.7 Å². The molecule has 1 aliphatic carbocycles. The predicted octanol–water partition coefficient (Wildman–Crippen LogP) is 6.21. The van der Waals surface area contributed by atoms with Crippen molar-refractivity contribution < 1.29 is 38.7 Å². The van der Waals surface area contributed by atoms with Gasteiger partial charge in [0.2, 0.25) is 0 Å². The first-order valence-corrected chi connectivity index (χ1v) is 16.4. The van der Waals surface area contributed by atoms with Gasteiger partial charge < -0.3 is 39.4 Å². The average Bonchev–Trinajstić information content (AvgIpc) is 3.80.